The fourth-order valence-electron chi connectivity index (χ4n) is 3.88. The molecule has 0 aliphatic carbocycles. The second kappa shape index (κ2) is 17.0. The van der Waals surface area contributed by atoms with Crippen molar-refractivity contribution in [1.82, 2.24) is 25.9 Å². The highest BCUT2D eigenvalue weighted by molar-refractivity contribution is 5.94. The van der Waals surface area contributed by atoms with Gasteiger partial charge in [-0.25, -0.2) is 9.78 Å². The predicted molar refractivity (Wildman–Crippen MR) is 151 cm³/mol. The Morgan fingerprint density at radius 3 is 2.12 bits per heavy atom. The Hall–Kier alpha value is -4.99. The van der Waals surface area contributed by atoms with E-state index in [4.69, 9.17) is 22.3 Å². The lowest BCUT2D eigenvalue weighted by atomic mass is 10.0. The Balaban J connectivity index is 2.22. The first-order valence-electron chi connectivity index (χ1n) is 13.1. The highest BCUT2D eigenvalue weighted by Crippen LogP contribution is 2.08. The van der Waals surface area contributed by atoms with Crippen molar-refractivity contribution in [2.45, 2.75) is 62.7 Å². The number of aromatic amines is 1. The van der Waals surface area contributed by atoms with E-state index >= 15 is 0 Å². The van der Waals surface area contributed by atoms with Crippen LogP contribution in [0, 0.1) is 0 Å². The van der Waals surface area contributed by atoms with E-state index in [-0.39, 0.29) is 51.0 Å². The smallest absolute Gasteiger partial charge is 0.326 e. The number of rotatable bonds is 18. The lowest BCUT2D eigenvalue weighted by molar-refractivity contribution is -0.142. The number of H-pyrrole nitrogens is 1. The zero-order chi connectivity index (χ0) is 31.1. The molecule has 16 heteroatoms. The van der Waals surface area contributed by atoms with Crippen molar-refractivity contribution in [3.63, 3.8) is 0 Å². The molecule has 228 valence electrons. The Labute approximate surface area is 241 Å². The third kappa shape index (κ3) is 12.0. The van der Waals surface area contributed by atoms with Crippen LogP contribution in [0.5, 0.6) is 0 Å². The lowest BCUT2D eigenvalue weighted by Crippen LogP contribution is -2.57. The normalized spacial score (nSPS) is 13.5. The van der Waals surface area contributed by atoms with E-state index in [1.54, 1.807) is 30.3 Å². The van der Waals surface area contributed by atoms with Crippen molar-refractivity contribution in [1.29, 1.82) is 0 Å². The maximum absolute atomic E-state index is 13.4. The minimum atomic E-state index is -1.29. The first kappa shape index (κ1) is 33.2. The largest absolute Gasteiger partial charge is 0.481 e. The topological polar surface area (TPSA) is 281 Å². The number of carboxylic acid groups (broad SMARTS) is 2. The number of nitrogens with two attached hydrogens (primary N) is 3. The molecule has 2 aromatic rings. The summed E-state index contributed by atoms with van der Waals surface area (Å²) in [4.78, 5) is 72.7. The number of hydrogen-bond donors (Lipinski definition) is 9. The molecule has 16 nitrogen and oxygen atoms in total. The van der Waals surface area contributed by atoms with Crippen molar-refractivity contribution in [3.8, 4) is 0 Å². The van der Waals surface area contributed by atoms with E-state index in [2.05, 4.69) is 30.9 Å². The highest BCUT2D eigenvalue weighted by Gasteiger charge is 2.31. The van der Waals surface area contributed by atoms with Crippen LogP contribution in [-0.2, 0) is 36.8 Å². The van der Waals surface area contributed by atoms with Crippen LogP contribution < -0.4 is 33.2 Å². The number of guanidine groups is 1. The van der Waals surface area contributed by atoms with E-state index in [1.165, 1.54) is 12.5 Å². The summed E-state index contributed by atoms with van der Waals surface area (Å²) in [6.07, 6.45) is 2.55. The van der Waals surface area contributed by atoms with Gasteiger partial charge in [0.15, 0.2) is 5.96 Å². The number of carbonyl (C=O) groups excluding carboxylic acids is 3. The molecule has 0 aliphatic rings. The molecule has 4 atom stereocenters. The molecule has 0 spiro atoms. The zero-order valence-corrected chi connectivity index (χ0v) is 22.9. The van der Waals surface area contributed by atoms with Gasteiger partial charge in [0.25, 0.3) is 0 Å². The van der Waals surface area contributed by atoms with Gasteiger partial charge in [-0.3, -0.25) is 24.2 Å². The lowest BCUT2D eigenvalue weighted by Gasteiger charge is -2.25. The maximum Gasteiger partial charge on any atom is 0.326 e. The Kier molecular flexibility index (Phi) is 13.4. The summed E-state index contributed by atoms with van der Waals surface area (Å²) in [7, 11) is 0. The molecule has 1 aromatic carbocycles. The van der Waals surface area contributed by atoms with Crippen LogP contribution in [0.15, 0.2) is 47.8 Å². The molecule has 1 aromatic heterocycles. The summed E-state index contributed by atoms with van der Waals surface area (Å²) < 4.78 is 0. The van der Waals surface area contributed by atoms with E-state index in [0.29, 0.717) is 11.3 Å². The van der Waals surface area contributed by atoms with Crippen LogP contribution in [-0.4, -0.2) is 86.5 Å². The predicted octanol–water partition coefficient (Wildman–Crippen LogP) is -2.02. The zero-order valence-electron chi connectivity index (χ0n) is 22.9. The number of carboxylic acids is 2. The first-order valence-corrected chi connectivity index (χ1v) is 13.1. The Morgan fingerprint density at radius 1 is 0.881 bits per heavy atom. The summed E-state index contributed by atoms with van der Waals surface area (Å²) in [5.41, 5.74) is 17.7. The number of nitrogens with one attached hydrogen (secondary N) is 4. The molecule has 0 bridgehead atoms. The SMILES string of the molecule is NC(N)=NCCCC(NC(=O)C(Cc1cnc[nH]1)NC(=O)C(N)CCC(=O)O)C(=O)NC(Cc1ccccc1)C(=O)O. The molecule has 12 N–H and O–H groups in total. The number of imidazole rings is 1. The molecule has 0 aliphatic heterocycles. The van der Waals surface area contributed by atoms with E-state index in [1.807, 2.05) is 0 Å². The molecular weight excluding hydrogens is 550 g/mol. The van der Waals surface area contributed by atoms with Gasteiger partial charge in [0.1, 0.15) is 18.1 Å². The molecule has 3 amide bonds. The van der Waals surface area contributed by atoms with Gasteiger partial charge >= 0.3 is 11.9 Å². The number of carbonyl (C=O) groups is 5. The fourth-order valence-corrected chi connectivity index (χ4v) is 3.88. The maximum atomic E-state index is 13.4. The van der Waals surface area contributed by atoms with Gasteiger partial charge in [-0.05, 0) is 24.8 Å². The standard InChI is InChI=1S/C26H37N9O7/c27-17(8-9-21(36)37)22(38)34-19(12-16-13-30-14-32-16)24(40)33-18(7-4-10-31-26(28)29)23(39)35-20(25(41)42)11-15-5-2-1-3-6-15/h1-3,5-6,13-14,17-20H,4,7-12,27H2,(H,30,32)(H,33,40)(H,34,38)(H,35,39)(H,36,37)(H,41,42)(H4,28,29,31). The number of nitrogens with zero attached hydrogens (tertiary/aromatic N) is 2. The summed E-state index contributed by atoms with van der Waals surface area (Å²) in [5.74, 6) is -4.85. The van der Waals surface area contributed by atoms with Crippen LogP contribution in [0.1, 0.15) is 36.9 Å². The van der Waals surface area contributed by atoms with Crippen molar-refractivity contribution in [3.05, 3.63) is 54.1 Å². The molecule has 0 fully saturated rings. The number of amides is 3. The van der Waals surface area contributed by atoms with Gasteiger partial charge < -0.3 is 48.3 Å². The van der Waals surface area contributed by atoms with Gasteiger partial charge in [0, 0.05) is 37.7 Å². The van der Waals surface area contributed by atoms with E-state index < -0.39 is 53.8 Å². The monoisotopic (exact) mass is 587 g/mol. The van der Waals surface area contributed by atoms with E-state index in [9.17, 15) is 29.1 Å². The van der Waals surface area contributed by atoms with Gasteiger partial charge in [0.2, 0.25) is 17.7 Å². The van der Waals surface area contributed by atoms with Crippen LogP contribution >= 0.6 is 0 Å². The number of hydrogen-bond acceptors (Lipinski definition) is 8. The summed E-state index contributed by atoms with van der Waals surface area (Å²) >= 11 is 0. The molecule has 0 saturated heterocycles. The Morgan fingerprint density at radius 2 is 1.52 bits per heavy atom. The van der Waals surface area contributed by atoms with Gasteiger partial charge in [0.05, 0.1) is 12.4 Å². The number of aliphatic imine (C=N–C) groups is 1. The first-order chi connectivity index (χ1) is 20.0. The quantitative estimate of drug-likeness (QED) is 0.0521. The van der Waals surface area contributed by atoms with E-state index in [0.717, 1.165) is 0 Å². The molecule has 2 rings (SSSR count). The van der Waals surface area contributed by atoms with Gasteiger partial charge in [-0.1, -0.05) is 30.3 Å². The fraction of sp³-hybridized carbons (Fsp3) is 0.423. The highest BCUT2D eigenvalue weighted by atomic mass is 16.4. The average molecular weight is 588 g/mol. The minimum absolute atomic E-state index is 0.00329. The van der Waals surface area contributed by atoms with Crippen LogP contribution in [0.25, 0.3) is 0 Å². The molecular formula is C26H37N9O7. The van der Waals surface area contributed by atoms with Crippen LogP contribution in [0.2, 0.25) is 0 Å². The minimum Gasteiger partial charge on any atom is -0.481 e. The average Bonchev–Trinajstić information content (AvgIpc) is 3.45. The molecule has 0 radical (unpaired) electrons. The summed E-state index contributed by atoms with van der Waals surface area (Å²) in [6.45, 7) is 0.140. The third-order valence-corrected chi connectivity index (χ3v) is 6.09. The third-order valence-electron chi connectivity index (χ3n) is 6.09. The van der Waals surface area contributed by atoms with Crippen LogP contribution in [0.4, 0.5) is 0 Å². The summed E-state index contributed by atoms with van der Waals surface area (Å²) in [6, 6.07) is 3.76. The molecule has 4 unspecified atom stereocenters. The molecule has 42 heavy (non-hydrogen) atoms. The van der Waals surface area contributed by atoms with Crippen molar-refractivity contribution < 1.29 is 34.2 Å². The van der Waals surface area contributed by atoms with Gasteiger partial charge in [-0.2, -0.15) is 0 Å². The van der Waals surface area contributed by atoms with Crippen LogP contribution in [0.3, 0.4) is 0 Å². The second-order valence-corrected chi connectivity index (χ2v) is 9.48. The van der Waals surface area contributed by atoms with Crippen molar-refractivity contribution >= 4 is 35.6 Å². The summed E-state index contributed by atoms with van der Waals surface area (Å²) in [5, 5.41) is 26.2. The number of aliphatic carboxylic acids is 2. The van der Waals surface area contributed by atoms with Gasteiger partial charge in [-0.15, -0.1) is 0 Å². The number of benzene rings is 1. The molecule has 0 saturated carbocycles. The number of aromatic nitrogens is 2. The second-order valence-electron chi connectivity index (χ2n) is 9.48. The van der Waals surface area contributed by atoms with Crippen molar-refractivity contribution in [2.75, 3.05) is 6.54 Å². The van der Waals surface area contributed by atoms with Crippen molar-refractivity contribution in [2.24, 2.45) is 22.2 Å². The molecule has 1 heterocycles. The Bertz CT molecular complexity index is 1220.